The van der Waals surface area contributed by atoms with Crippen LogP contribution < -0.4 is 10.2 Å². The maximum Gasteiger partial charge on any atom is 0.258 e. The van der Waals surface area contributed by atoms with Gasteiger partial charge in [0.1, 0.15) is 0 Å². The van der Waals surface area contributed by atoms with Crippen molar-refractivity contribution in [3.8, 4) is 0 Å². The molecule has 198 valence electrons. The first kappa shape index (κ1) is 28.2. The van der Waals surface area contributed by atoms with Crippen molar-refractivity contribution >= 4 is 28.3 Å². The lowest BCUT2D eigenvalue weighted by Crippen LogP contribution is -2.35. The number of carbonyl (C=O) groups is 2. The molecular weight excluding hydrogens is 444 g/mol. The number of nitrogens with zero attached hydrogens (tertiary/aromatic N) is 1. The number of carbonyl (C=O) groups excluding carboxylic acids is 2. The average molecular weight is 493 g/mol. The molecular formula is C32H48N2O2. The minimum Gasteiger partial charge on any atom is -0.371 e. The number of benzene rings is 2. The van der Waals surface area contributed by atoms with E-state index in [0.717, 1.165) is 23.9 Å². The number of amides is 2. The first-order valence-electron chi connectivity index (χ1n) is 14.8. The van der Waals surface area contributed by atoms with E-state index in [1.165, 1.54) is 108 Å². The third kappa shape index (κ3) is 8.08. The topological polar surface area (TPSA) is 49.4 Å². The Labute approximate surface area is 219 Å². The molecule has 1 heterocycles. The Kier molecular flexibility index (Phi) is 12.3. The molecule has 4 heteroatoms. The summed E-state index contributed by atoms with van der Waals surface area (Å²) in [7, 11) is 0. The van der Waals surface area contributed by atoms with Crippen molar-refractivity contribution in [3.63, 3.8) is 0 Å². The van der Waals surface area contributed by atoms with E-state index in [0.29, 0.717) is 11.1 Å². The number of anilines is 1. The number of unbranched alkanes of at least 4 members (excludes halogenated alkanes) is 14. The van der Waals surface area contributed by atoms with Gasteiger partial charge in [-0.25, -0.2) is 0 Å². The van der Waals surface area contributed by atoms with Gasteiger partial charge in [0.05, 0.1) is 0 Å². The summed E-state index contributed by atoms with van der Waals surface area (Å²) in [6.07, 6.45) is 21.0. The molecule has 1 N–H and O–H groups in total. The van der Waals surface area contributed by atoms with Gasteiger partial charge in [-0.1, -0.05) is 116 Å². The van der Waals surface area contributed by atoms with Crippen LogP contribution in [0.25, 0.3) is 10.8 Å². The zero-order valence-electron chi connectivity index (χ0n) is 22.9. The molecule has 4 nitrogen and oxygen atoms in total. The Morgan fingerprint density at radius 2 is 1.06 bits per heavy atom. The van der Waals surface area contributed by atoms with E-state index < -0.39 is 0 Å². The van der Waals surface area contributed by atoms with Gasteiger partial charge in [0.15, 0.2) is 0 Å². The van der Waals surface area contributed by atoms with E-state index in [9.17, 15) is 9.59 Å². The number of hydrogen-bond acceptors (Lipinski definition) is 3. The van der Waals surface area contributed by atoms with Gasteiger partial charge in [-0.15, -0.1) is 0 Å². The molecule has 0 bridgehead atoms. The second-order valence-electron chi connectivity index (χ2n) is 10.6. The molecule has 2 aromatic rings. The van der Waals surface area contributed by atoms with Crippen molar-refractivity contribution in [3.05, 3.63) is 41.5 Å². The molecule has 1 aliphatic heterocycles. The molecule has 1 aliphatic rings. The molecule has 0 unspecified atom stereocenters. The monoisotopic (exact) mass is 492 g/mol. The normalized spacial score (nSPS) is 12.8. The Bertz CT molecular complexity index is 928. The number of hydrogen-bond donors (Lipinski definition) is 1. The highest BCUT2D eigenvalue weighted by molar-refractivity contribution is 6.26. The Hall–Kier alpha value is -2.36. The Morgan fingerprint density at radius 3 is 1.58 bits per heavy atom. The van der Waals surface area contributed by atoms with E-state index in [-0.39, 0.29) is 11.8 Å². The van der Waals surface area contributed by atoms with Gasteiger partial charge < -0.3 is 4.90 Å². The molecule has 0 aliphatic carbocycles. The highest BCUT2D eigenvalue weighted by Gasteiger charge is 2.26. The van der Waals surface area contributed by atoms with Gasteiger partial charge in [0, 0.05) is 40.7 Å². The second kappa shape index (κ2) is 15.7. The summed E-state index contributed by atoms with van der Waals surface area (Å²) >= 11 is 0. The van der Waals surface area contributed by atoms with Crippen LogP contribution in [0.3, 0.4) is 0 Å². The fraction of sp³-hybridized carbons (Fsp3) is 0.625. The molecule has 0 aromatic heterocycles. The second-order valence-corrected chi connectivity index (χ2v) is 10.6. The molecule has 2 aromatic carbocycles. The van der Waals surface area contributed by atoms with Crippen molar-refractivity contribution in [2.24, 2.45) is 0 Å². The van der Waals surface area contributed by atoms with Crippen LogP contribution in [0, 0.1) is 0 Å². The first-order valence-corrected chi connectivity index (χ1v) is 14.8. The van der Waals surface area contributed by atoms with Crippen LogP contribution in [0.2, 0.25) is 0 Å². The Balaban J connectivity index is 1.65. The zero-order valence-corrected chi connectivity index (χ0v) is 22.9. The van der Waals surface area contributed by atoms with Crippen LogP contribution >= 0.6 is 0 Å². The summed E-state index contributed by atoms with van der Waals surface area (Å²) in [5, 5.41) is 4.34. The summed E-state index contributed by atoms with van der Waals surface area (Å²) in [4.78, 5) is 27.5. The number of nitrogens with one attached hydrogen (secondary N) is 1. The maximum atomic E-state index is 12.5. The summed E-state index contributed by atoms with van der Waals surface area (Å²) in [5.74, 6) is -0.569. The van der Waals surface area contributed by atoms with E-state index in [2.05, 4.69) is 36.2 Å². The van der Waals surface area contributed by atoms with E-state index in [1.807, 2.05) is 18.2 Å². The smallest absolute Gasteiger partial charge is 0.258 e. The molecule has 0 atom stereocenters. The van der Waals surface area contributed by atoms with Gasteiger partial charge >= 0.3 is 0 Å². The van der Waals surface area contributed by atoms with Gasteiger partial charge in [0.2, 0.25) is 0 Å². The average Bonchev–Trinajstić information content (AvgIpc) is 2.89. The van der Waals surface area contributed by atoms with Gasteiger partial charge in [-0.05, 0) is 31.0 Å². The van der Waals surface area contributed by atoms with E-state index in [4.69, 9.17) is 0 Å². The SMILES string of the molecule is CCCCCCCCCCN(CCCCCCCCCC)c1ccc2c3c(cccc13)C(=O)NC2=O. The van der Waals surface area contributed by atoms with Crippen molar-refractivity contribution in [1.29, 1.82) is 0 Å². The van der Waals surface area contributed by atoms with Crippen LogP contribution in [0.15, 0.2) is 30.3 Å². The minimum absolute atomic E-state index is 0.284. The number of imide groups is 1. The van der Waals surface area contributed by atoms with Gasteiger partial charge in [-0.2, -0.15) is 0 Å². The first-order chi connectivity index (χ1) is 17.7. The van der Waals surface area contributed by atoms with Crippen LogP contribution in [0.5, 0.6) is 0 Å². The lowest BCUT2D eigenvalue weighted by atomic mass is 9.93. The lowest BCUT2D eigenvalue weighted by molar-refractivity contribution is 0.0845. The largest absolute Gasteiger partial charge is 0.371 e. The summed E-state index contributed by atoms with van der Waals surface area (Å²) < 4.78 is 0. The predicted octanol–water partition coefficient (Wildman–Crippen LogP) is 8.81. The predicted molar refractivity (Wildman–Crippen MR) is 153 cm³/mol. The van der Waals surface area contributed by atoms with Crippen LogP contribution in [0.1, 0.15) is 137 Å². The maximum absolute atomic E-state index is 12.5. The fourth-order valence-corrected chi connectivity index (χ4v) is 5.51. The summed E-state index contributed by atoms with van der Waals surface area (Å²) in [6.45, 7) is 6.60. The third-order valence-electron chi connectivity index (χ3n) is 7.64. The standard InChI is InChI=1S/C32H48N2O2/c1-3-5-7-9-11-13-15-17-24-34(25-18-16-14-12-10-8-6-4-2)29-23-22-28-30-26(29)20-19-21-27(30)31(35)33-32(28)36/h19-23H,3-18,24-25H2,1-2H3,(H,33,35,36). The molecule has 0 spiro atoms. The highest BCUT2D eigenvalue weighted by atomic mass is 16.2. The zero-order chi connectivity index (χ0) is 25.6. The molecule has 0 saturated carbocycles. The van der Waals surface area contributed by atoms with Crippen molar-refractivity contribution in [2.75, 3.05) is 18.0 Å². The molecule has 0 fully saturated rings. The molecule has 0 radical (unpaired) electrons. The van der Waals surface area contributed by atoms with Crippen molar-refractivity contribution in [1.82, 2.24) is 5.32 Å². The quantitative estimate of drug-likeness (QED) is 0.157. The third-order valence-corrected chi connectivity index (χ3v) is 7.64. The van der Waals surface area contributed by atoms with Gasteiger partial charge in [0.25, 0.3) is 11.8 Å². The number of rotatable bonds is 19. The van der Waals surface area contributed by atoms with E-state index >= 15 is 0 Å². The highest BCUT2D eigenvalue weighted by Crippen LogP contribution is 2.34. The lowest BCUT2D eigenvalue weighted by Gasteiger charge is -2.28. The molecule has 0 saturated heterocycles. The van der Waals surface area contributed by atoms with Crippen LogP contribution in [0.4, 0.5) is 5.69 Å². The minimum atomic E-state index is -0.284. The molecule has 36 heavy (non-hydrogen) atoms. The molecule has 2 amide bonds. The van der Waals surface area contributed by atoms with Crippen molar-refractivity contribution in [2.45, 2.75) is 117 Å². The molecule has 3 rings (SSSR count). The summed E-state index contributed by atoms with van der Waals surface area (Å²) in [5.41, 5.74) is 2.40. The Morgan fingerprint density at radius 1 is 0.583 bits per heavy atom. The van der Waals surface area contributed by atoms with Crippen LogP contribution in [-0.4, -0.2) is 24.9 Å². The fourth-order valence-electron chi connectivity index (χ4n) is 5.51. The van der Waals surface area contributed by atoms with E-state index in [1.54, 1.807) is 0 Å². The summed E-state index contributed by atoms with van der Waals surface area (Å²) in [6, 6.07) is 9.88. The van der Waals surface area contributed by atoms with Crippen LogP contribution in [-0.2, 0) is 0 Å². The van der Waals surface area contributed by atoms with Gasteiger partial charge in [-0.3, -0.25) is 14.9 Å². The van der Waals surface area contributed by atoms with Crippen molar-refractivity contribution < 1.29 is 9.59 Å².